The summed E-state index contributed by atoms with van der Waals surface area (Å²) < 4.78 is 42.5. The average molecular weight is 697 g/mol. The second-order valence-electron chi connectivity index (χ2n) is 11.1. The summed E-state index contributed by atoms with van der Waals surface area (Å²) in [5, 5.41) is 16.8. The fourth-order valence-electron chi connectivity index (χ4n) is 5.62. The van der Waals surface area contributed by atoms with Gasteiger partial charge in [0.2, 0.25) is 11.3 Å². The highest BCUT2D eigenvalue weighted by molar-refractivity contribution is 6.33. The Morgan fingerprint density at radius 3 is 2.51 bits per heavy atom. The van der Waals surface area contributed by atoms with Crippen LogP contribution in [0.1, 0.15) is 34.4 Å². The number of pyridine rings is 1. The number of hydrogen-bond donors (Lipinski definition) is 2. The Morgan fingerprint density at radius 1 is 1.10 bits per heavy atom. The Morgan fingerprint density at radius 2 is 1.86 bits per heavy atom. The van der Waals surface area contributed by atoms with Crippen molar-refractivity contribution in [3.05, 3.63) is 87.1 Å². The third-order valence-corrected chi connectivity index (χ3v) is 8.38. The van der Waals surface area contributed by atoms with E-state index in [1.54, 1.807) is 35.6 Å². The topological polar surface area (TPSA) is 164 Å². The number of carbonyl (C=O) groups is 2. The molecule has 0 bridgehead atoms. The van der Waals surface area contributed by atoms with E-state index in [1.165, 1.54) is 28.3 Å². The number of aromatic nitrogens is 7. The molecule has 5 heterocycles. The second-order valence-corrected chi connectivity index (χ2v) is 11.5. The highest BCUT2D eigenvalue weighted by atomic mass is 35.5. The molecule has 49 heavy (non-hydrogen) atoms. The molecule has 14 nitrogen and oxygen atoms in total. The molecule has 2 N–H and O–H groups in total. The van der Waals surface area contributed by atoms with E-state index in [9.17, 15) is 32.7 Å². The fraction of sp³-hybridized carbons (Fsp3) is 0.290. The molecule has 0 spiro atoms. The van der Waals surface area contributed by atoms with Crippen LogP contribution in [0.4, 0.5) is 24.5 Å². The SMILES string of the molecule is CCc1c(N2CCN(C(=O)c3ncnc(C)c3O)CC2)c(=O)c2nc(-n3cccn3)cnc2n1CC(=O)Nc1ccc(C(F)(F)F)cc1Cl. The van der Waals surface area contributed by atoms with E-state index in [0.29, 0.717) is 5.69 Å². The lowest BCUT2D eigenvalue weighted by Gasteiger charge is -2.37. The monoisotopic (exact) mass is 696 g/mol. The van der Waals surface area contributed by atoms with E-state index in [4.69, 9.17) is 11.6 Å². The van der Waals surface area contributed by atoms with E-state index in [1.807, 2.05) is 0 Å². The van der Waals surface area contributed by atoms with Crippen LogP contribution in [0.5, 0.6) is 5.75 Å². The van der Waals surface area contributed by atoms with E-state index in [2.05, 4.69) is 30.4 Å². The molecule has 1 aliphatic heterocycles. The molecular weight excluding hydrogens is 669 g/mol. The summed E-state index contributed by atoms with van der Waals surface area (Å²) in [5.41, 5.74) is -0.509. The Balaban J connectivity index is 1.36. The van der Waals surface area contributed by atoms with Gasteiger partial charge in [0.1, 0.15) is 18.6 Å². The molecule has 0 radical (unpaired) electrons. The van der Waals surface area contributed by atoms with Crippen molar-refractivity contribution in [2.45, 2.75) is 33.0 Å². The second kappa shape index (κ2) is 13.1. The largest absolute Gasteiger partial charge is 0.504 e. The van der Waals surface area contributed by atoms with Gasteiger partial charge in [-0.15, -0.1) is 0 Å². The van der Waals surface area contributed by atoms with Crippen LogP contribution in [0.2, 0.25) is 5.02 Å². The number of alkyl halides is 3. The number of carbonyl (C=O) groups excluding carboxylic acids is 2. The molecule has 2 amide bonds. The van der Waals surface area contributed by atoms with Gasteiger partial charge in [-0.05, 0) is 37.6 Å². The van der Waals surface area contributed by atoms with E-state index in [0.717, 1.165) is 18.2 Å². The van der Waals surface area contributed by atoms with Crippen molar-refractivity contribution in [2.24, 2.45) is 0 Å². The molecule has 1 saturated heterocycles. The summed E-state index contributed by atoms with van der Waals surface area (Å²) in [6.45, 7) is 3.80. The zero-order valence-corrected chi connectivity index (χ0v) is 26.8. The van der Waals surface area contributed by atoms with Crippen LogP contribution in [0.25, 0.3) is 17.0 Å². The number of rotatable bonds is 7. The van der Waals surface area contributed by atoms with Gasteiger partial charge in [0.05, 0.1) is 28.2 Å². The summed E-state index contributed by atoms with van der Waals surface area (Å²) in [6, 6.07) is 4.28. The maximum atomic E-state index is 14.2. The van der Waals surface area contributed by atoms with Crippen LogP contribution in [0, 0.1) is 6.92 Å². The maximum absolute atomic E-state index is 14.2. The van der Waals surface area contributed by atoms with Crippen LogP contribution >= 0.6 is 11.6 Å². The highest BCUT2D eigenvalue weighted by Crippen LogP contribution is 2.34. The van der Waals surface area contributed by atoms with E-state index < -0.39 is 29.0 Å². The van der Waals surface area contributed by atoms with Gasteiger partial charge >= 0.3 is 6.18 Å². The van der Waals surface area contributed by atoms with Gasteiger partial charge in [0.15, 0.2) is 28.4 Å². The minimum Gasteiger partial charge on any atom is -0.504 e. The molecule has 254 valence electrons. The van der Waals surface area contributed by atoms with Crippen molar-refractivity contribution < 1.29 is 27.9 Å². The van der Waals surface area contributed by atoms with Crippen molar-refractivity contribution >= 4 is 46.0 Å². The summed E-state index contributed by atoms with van der Waals surface area (Å²) >= 11 is 6.09. The predicted molar refractivity (Wildman–Crippen MR) is 172 cm³/mol. The number of halogens is 4. The molecular formula is C31H28ClF3N10O4. The number of aromatic hydroxyl groups is 1. The Bertz CT molecular complexity index is 2130. The molecule has 1 aliphatic rings. The van der Waals surface area contributed by atoms with Crippen molar-refractivity contribution in [1.29, 1.82) is 0 Å². The van der Waals surface area contributed by atoms with Gasteiger partial charge in [0, 0.05) is 44.3 Å². The molecule has 18 heteroatoms. The molecule has 0 unspecified atom stereocenters. The number of amides is 2. The standard InChI is InChI=1S/C31H28ClF3N10O4/c1-3-21-26(42-9-11-43(12-10-42)30(49)25-27(47)17(2)37-16-38-25)28(48)24-29(36-14-22(41-24)45-8-4-7-39-45)44(21)15-23(46)40-20-6-5-18(13-19(20)32)31(33,34)35/h4-8,13-14,16,47H,3,9-12,15H2,1-2H3,(H,40,46). The lowest BCUT2D eigenvalue weighted by atomic mass is 10.1. The van der Waals surface area contributed by atoms with Crippen LogP contribution in [0.3, 0.4) is 0 Å². The third kappa shape index (κ3) is 6.48. The van der Waals surface area contributed by atoms with Gasteiger partial charge in [-0.1, -0.05) is 18.5 Å². The maximum Gasteiger partial charge on any atom is 0.416 e. The van der Waals surface area contributed by atoms with Gasteiger partial charge in [-0.3, -0.25) is 14.4 Å². The first-order valence-corrected chi connectivity index (χ1v) is 15.4. The number of nitrogens with one attached hydrogen (secondary N) is 1. The summed E-state index contributed by atoms with van der Waals surface area (Å²) in [7, 11) is 0. The summed E-state index contributed by atoms with van der Waals surface area (Å²) in [6.07, 6.45) is 1.44. The minimum absolute atomic E-state index is 0.0268. The van der Waals surface area contributed by atoms with Gasteiger partial charge in [-0.2, -0.15) is 18.3 Å². The van der Waals surface area contributed by atoms with Gasteiger partial charge < -0.3 is 24.8 Å². The Kier molecular flexibility index (Phi) is 8.94. The van der Waals surface area contributed by atoms with Crippen molar-refractivity contribution in [1.82, 2.24) is 39.2 Å². The predicted octanol–water partition coefficient (Wildman–Crippen LogP) is 3.62. The summed E-state index contributed by atoms with van der Waals surface area (Å²) in [4.78, 5) is 61.0. The van der Waals surface area contributed by atoms with Crippen LogP contribution in [0.15, 0.2) is 54.0 Å². The van der Waals surface area contributed by atoms with Crippen LogP contribution in [-0.2, 0) is 23.9 Å². The number of nitrogens with zero attached hydrogens (tertiary/aromatic N) is 9. The molecule has 1 aromatic carbocycles. The van der Waals surface area contributed by atoms with E-state index in [-0.39, 0.29) is 89.7 Å². The lowest BCUT2D eigenvalue weighted by molar-refractivity contribution is -0.137. The molecule has 6 rings (SSSR count). The molecule has 5 aromatic rings. The fourth-order valence-corrected chi connectivity index (χ4v) is 5.85. The lowest BCUT2D eigenvalue weighted by Crippen LogP contribution is -2.50. The molecule has 1 fully saturated rings. The first kappa shape index (κ1) is 33.3. The van der Waals surface area contributed by atoms with Gasteiger partial charge in [-0.25, -0.2) is 24.6 Å². The van der Waals surface area contributed by atoms with Gasteiger partial charge in [0.25, 0.3) is 5.91 Å². The zero-order valence-electron chi connectivity index (χ0n) is 26.1. The Hall–Kier alpha value is -5.58. The van der Waals surface area contributed by atoms with Crippen molar-refractivity contribution in [2.75, 3.05) is 36.4 Å². The number of piperazine rings is 1. The van der Waals surface area contributed by atoms with Crippen molar-refractivity contribution in [3.63, 3.8) is 0 Å². The number of hydrogen-bond acceptors (Lipinski definition) is 10. The first-order chi connectivity index (χ1) is 23.4. The van der Waals surface area contributed by atoms with E-state index >= 15 is 0 Å². The van der Waals surface area contributed by atoms with Crippen LogP contribution in [-0.4, -0.2) is 82.3 Å². The Labute approximate surface area is 280 Å². The number of fused-ring (bicyclic) bond motifs is 1. The molecule has 0 aliphatic carbocycles. The number of aryl methyl sites for hydroxylation is 1. The average Bonchev–Trinajstić information content (AvgIpc) is 3.62. The highest BCUT2D eigenvalue weighted by Gasteiger charge is 2.32. The minimum atomic E-state index is -4.61. The van der Waals surface area contributed by atoms with Crippen molar-refractivity contribution in [3.8, 4) is 11.6 Å². The molecule has 4 aromatic heterocycles. The van der Waals surface area contributed by atoms with Crippen LogP contribution < -0.4 is 15.6 Å². The zero-order chi connectivity index (χ0) is 35.0. The quantitative estimate of drug-likeness (QED) is 0.257. The summed E-state index contributed by atoms with van der Waals surface area (Å²) in [5.74, 6) is -1.17. The third-order valence-electron chi connectivity index (χ3n) is 8.06. The normalized spacial score (nSPS) is 13.6. The first-order valence-electron chi connectivity index (χ1n) is 15.0. The molecule has 0 atom stereocenters. The number of benzene rings is 1. The number of anilines is 2. The smallest absolute Gasteiger partial charge is 0.416 e. The molecule has 0 saturated carbocycles.